The molecule has 5 atom stereocenters. The molecule has 2 aliphatic heterocycles. The number of carbonyl (C=O) groups excluding carboxylic acids is 1. The fraction of sp³-hybridized carbons (Fsp3) is 0.900. The maximum Gasteiger partial charge on any atom is 0.377 e. The lowest BCUT2D eigenvalue weighted by atomic mass is 9.67. The minimum Gasteiger partial charge on any atom is -0.447 e. The Labute approximate surface area is 107 Å². The van der Waals surface area contributed by atoms with Crippen LogP contribution in [0.15, 0.2) is 0 Å². The summed E-state index contributed by atoms with van der Waals surface area (Å²) in [6, 6.07) is 0. The Bertz CT molecular complexity index is 598. The highest BCUT2D eigenvalue weighted by Gasteiger charge is 2.94. The van der Waals surface area contributed by atoms with E-state index in [0.29, 0.717) is 6.92 Å². The van der Waals surface area contributed by atoms with E-state index in [1.54, 1.807) is 0 Å². The molecular weight excluding hydrogens is 286 g/mol. The van der Waals surface area contributed by atoms with Crippen LogP contribution in [0.4, 0.5) is 8.78 Å². The maximum atomic E-state index is 13.0. The molecule has 5 unspecified atom stereocenters. The lowest BCUT2D eigenvalue weighted by Crippen LogP contribution is -2.69. The highest BCUT2D eigenvalue weighted by Crippen LogP contribution is 2.73. The van der Waals surface area contributed by atoms with Crippen molar-refractivity contribution in [2.24, 2.45) is 0 Å². The minimum atomic E-state index is -3.89. The van der Waals surface area contributed by atoms with Gasteiger partial charge in [-0.2, -0.15) is 17.2 Å². The zero-order valence-electron chi connectivity index (χ0n) is 9.76. The molecule has 0 amide bonds. The third-order valence-corrected chi connectivity index (χ3v) is 6.31. The van der Waals surface area contributed by atoms with E-state index in [0.717, 1.165) is 0 Å². The zero-order valence-corrected chi connectivity index (χ0v) is 10.6. The second-order valence-corrected chi connectivity index (χ2v) is 7.32. The molecule has 19 heavy (non-hydrogen) atoms. The van der Waals surface area contributed by atoms with Crippen LogP contribution in [0.2, 0.25) is 0 Å². The van der Waals surface area contributed by atoms with E-state index in [1.165, 1.54) is 0 Å². The summed E-state index contributed by atoms with van der Waals surface area (Å²) in [6.45, 7) is 0.411. The molecule has 4 fully saturated rings. The summed E-state index contributed by atoms with van der Waals surface area (Å²) in [7, 11) is -3.89. The first-order chi connectivity index (χ1) is 8.63. The molecule has 2 heterocycles. The molecule has 2 saturated carbocycles. The van der Waals surface area contributed by atoms with E-state index < -0.39 is 44.6 Å². The second-order valence-electron chi connectivity index (χ2n) is 5.57. The standard InChI is InChI=1S/C10H10F2O6S/c1-8(11,12)7(13)17-10-5-3-9(10)4(16-9)2-6(10)19(14,15)18-5/h4-6H,2-3H2,1H3. The number of ether oxygens (including phenoxy) is 2. The van der Waals surface area contributed by atoms with Crippen molar-refractivity contribution in [2.75, 3.05) is 0 Å². The number of rotatable bonds is 2. The van der Waals surface area contributed by atoms with Crippen LogP contribution in [0, 0.1) is 0 Å². The summed E-state index contributed by atoms with van der Waals surface area (Å²) in [5.41, 5.74) is -2.50. The Balaban J connectivity index is 1.75. The average Bonchev–Trinajstić information content (AvgIpc) is 2.86. The first kappa shape index (κ1) is 12.0. The lowest BCUT2D eigenvalue weighted by molar-refractivity contribution is -0.225. The number of hydrogen-bond acceptors (Lipinski definition) is 6. The van der Waals surface area contributed by atoms with Crippen molar-refractivity contribution in [3.63, 3.8) is 0 Å². The van der Waals surface area contributed by atoms with Crippen molar-refractivity contribution < 1.29 is 35.6 Å². The monoisotopic (exact) mass is 296 g/mol. The van der Waals surface area contributed by atoms with Gasteiger partial charge < -0.3 is 9.47 Å². The largest absolute Gasteiger partial charge is 0.447 e. The van der Waals surface area contributed by atoms with Crippen molar-refractivity contribution in [1.82, 2.24) is 0 Å². The van der Waals surface area contributed by atoms with Crippen molar-refractivity contribution in [2.45, 2.75) is 54.3 Å². The SMILES string of the molecule is CC(F)(F)C(=O)OC12C3CC14OC4CC2S(=O)(=O)O3. The molecule has 6 nitrogen and oxygen atoms in total. The highest BCUT2D eigenvalue weighted by atomic mass is 32.2. The molecule has 4 rings (SSSR count). The van der Waals surface area contributed by atoms with Crippen LogP contribution < -0.4 is 0 Å². The van der Waals surface area contributed by atoms with Crippen LogP contribution >= 0.6 is 0 Å². The molecule has 2 aliphatic carbocycles. The first-order valence-corrected chi connectivity index (χ1v) is 7.32. The van der Waals surface area contributed by atoms with Gasteiger partial charge in [0.1, 0.15) is 17.0 Å². The van der Waals surface area contributed by atoms with Gasteiger partial charge in [0.05, 0.1) is 6.10 Å². The van der Waals surface area contributed by atoms with Crippen LogP contribution in [0.1, 0.15) is 19.8 Å². The molecule has 106 valence electrons. The van der Waals surface area contributed by atoms with E-state index in [-0.39, 0.29) is 18.9 Å². The topological polar surface area (TPSA) is 82.2 Å². The van der Waals surface area contributed by atoms with Crippen molar-refractivity contribution in [3.8, 4) is 0 Å². The van der Waals surface area contributed by atoms with Crippen molar-refractivity contribution >= 4 is 16.1 Å². The van der Waals surface area contributed by atoms with Gasteiger partial charge in [0.25, 0.3) is 10.1 Å². The van der Waals surface area contributed by atoms with E-state index in [1.807, 2.05) is 0 Å². The fourth-order valence-electron chi connectivity index (χ4n) is 3.69. The van der Waals surface area contributed by atoms with Crippen LogP contribution in [0.3, 0.4) is 0 Å². The van der Waals surface area contributed by atoms with Gasteiger partial charge in [-0.3, -0.25) is 4.18 Å². The Morgan fingerprint density at radius 1 is 1.42 bits per heavy atom. The lowest BCUT2D eigenvalue weighted by Gasteiger charge is -2.47. The fourth-order valence-corrected chi connectivity index (χ4v) is 5.59. The quantitative estimate of drug-likeness (QED) is 0.404. The molecule has 1 spiro atoms. The van der Waals surface area contributed by atoms with Crippen LogP contribution in [0.25, 0.3) is 0 Å². The number of epoxide rings is 1. The summed E-state index contributed by atoms with van der Waals surface area (Å²) in [4.78, 5) is 11.4. The van der Waals surface area contributed by atoms with Gasteiger partial charge in [0.2, 0.25) is 0 Å². The summed E-state index contributed by atoms with van der Waals surface area (Å²) >= 11 is 0. The summed E-state index contributed by atoms with van der Waals surface area (Å²) in [5, 5.41) is -1.09. The van der Waals surface area contributed by atoms with Gasteiger partial charge in [-0.1, -0.05) is 0 Å². The molecule has 0 aromatic heterocycles. The van der Waals surface area contributed by atoms with Gasteiger partial charge >= 0.3 is 11.9 Å². The molecule has 0 aromatic carbocycles. The van der Waals surface area contributed by atoms with E-state index >= 15 is 0 Å². The molecule has 0 N–H and O–H groups in total. The summed E-state index contributed by atoms with van der Waals surface area (Å²) in [5.74, 6) is -5.42. The number of halogens is 2. The molecule has 2 saturated heterocycles. The molecule has 0 aromatic rings. The highest BCUT2D eigenvalue weighted by molar-refractivity contribution is 7.87. The third-order valence-electron chi connectivity index (χ3n) is 4.57. The molecular formula is C10H10F2O6S. The average molecular weight is 296 g/mol. The molecule has 0 bridgehead atoms. The Kier molecular flexibility index (Phi) is 1.76. The second kappa shape index (κ2) is 2.79. The van der Waals surface area contributed by atoms with Crippen LogP contribution in [-0.2, 0) is 28.6 Å². The third kappa shape index (κ3) is 1.10. The summed E-state index contributed by atoms with van der Waals surface area (Å²) in [6.07, 6.45) is -0.857. The molecule has 4 aliphatic rings. The van der Waals surface area contributed by atoms with Gasteiger partial charge in [-0.15, -0.1) is 0 Å². The van der Waals surface area contributed by atoms with Crippen molar-refractivity contribution in [3.05, 3.63) is 0 Å². The zero-order chi connectivity index (χ0) is 13.8. The predicted molar refractivity (Wildman–Crippen MR) is 53.9 cm³/mol. The van der Waals surface area contributed by atoms with Crippen LogP contribution in [-0.4, -0.2) is 49.0 Å². The normalized spacial score (nSPS) is 52.1. The van der Waals surface area contributed by atoms with Gasteiger partial charge in [-0.05, 0) is 6.42 Å². The maximum absolute atomic E-state index is 13.0. The van der Waals surface area contributed by atoms with Gasteiger partial charge in [-0.25, -0.2) is 4.79 Å². The van der Waals surface area contributed by atoms with Crippen molar-refractivity contribution in [1.29, 1.82) is 0 Å². The number of carbonyl (C=O) groups is 1. The smallest absolute Gasteiger partial charge is 0.377 e. The Morgan fingerprint density at radius 3 is 2.74 bits per heavy atom. The first-order valence-electron chi connectivity index (χ1n) is 5.85. The van der Waals surface area contributed by atoms with Gasteiger partial charge in [0.15, 0.2) is 5.60 Å². The van der Waals surface area contributed by atoms with Crippen LogP contribution in [0.5, 0.6) is 0 Å². The predicted octanol–water partition coefficient (Wildman–Crippen LogP) is -0.0342. The molecule has 9 heteroatoms. The Hall–Kier alpha value is -0.800. The van der Waals surface area contributed by atoms with Gasteiger partial charge in [0, 0.05) is 13.3 Å². The number of hydrogen-bond donors (Lipinski definition) is 0. The Morgan fingerprint density at radius 2 is 2.11 bits per heavy atom. The van der Waals surface area contributed by atoms with E-state index in [4.69, 9.17) is 13.7 Å². The minimum absolute atomic E-state index is 0.126. The number of alkyl halides is 2. The van der Waals surface area contributed by atoms with E-state index in [9.17, 15) is 22.0 Å². The number of esters is 1. The van der Waals surface area contributed by atoms with E-state index in [2.05, 4.69) is 0 Å². The molecule has 0 radical (unpaired) electrons. The summed E-state index contributed by atoms with van der Waals surface area (Å²) < 4.78 is 64.8.